The smallest absolute Gasteiger partial charge is 0.338 e. The summed E-state index contributed by atoms with van der Waals surface area (Å²) in [4.78, 5) is 22.1. The number of esters is 1. The molecule has 1 aromatic rings. The van der Waals surface area contributed by atoms with Crippen molar-refractivity contribution in [1.82, 2.24) is 0 Å². The Morgan fingerprint density at radius 1 is 1.47 bits per heavy atom. The minimum absolute atomic E-state index is 0.0777. The first kappa shape index (κ1) is 11.4. The highest BCUT2D eigenvalue weighted by molar-refractivity contribution is 5.89. The van der Waals surface area contributed by atoms with Crippen molar-refractivity contribution in [3.05, 3.63) is 29.6 Å². The van der Waals surface area contributed by atoms with E-state index in [1.54, 1.807) is 22.9 Å². The second kappa shape index (κ2) is 4.68. The minimum Gasteiger partial charge on any atom is -0.465 e. The normalized spacial score (nSPS) is 9.80. The molecular formula is C11H14NO3+. The zero-order chi connectivity index (χ0) is 11.4. The second-order valence-corrected chi connectivity index (χ2v) is 3.38. The van der Waals surface area contributed by atoms with E-state index in [0.29, 0.717) is 12.1 Å². The summed E-state index contributed by atoms with van der Waals surface area (Å²) in [5.41, 5.74) is 1.35. The largest absolute Gasteiger partial charge is 0.465 e. The molecule has 0 saturated heterocycles. The lowest BCUT2D eigenvalue weighted by Crippen LogP contribution is -2.40. The number of aromatic nitrogens is 1. The van der Waals surface area contributed by atoms with E-state index in [-0.39, 0.29) is 11.8 Å². The van der Waals surface area contributed by atoms with Gasteiger partial charge in [-0.15, -0.1) is 0 Å². The van der Waals surface area contributed by atoms with Gasteiger partial charge in [0.1, 0.15) is 0 Å². The SMILES string of the molecule is COC(=O)c1cc[n+](CC(C)=O)c(C)c1. The predicted octanol–water partition coefficient (Wildman–Crippen LogP) is 0.658. The molecule has 4 heteroatoms. The van der Waals surface area contributed by atoms with Crippen molar-refractivity contribution >= 4 is 11.8 Å². The van der Waals surface area contributed by atoms with Crippen LogP contribution in [0.1, 0.15) is 23.0 Å². The highest BCUT2D eigenvalue weighted by Gasteiger charge is 2.13. The molecule has 1 rings (SSSR count). The Labute approximate surface area is 88.5 Å². The van der Waals surface area contributed by atoms with Crippen LogP contribution in [0, 0.1) is 6.92 Å². The van der Waals surface area contributed by atoms with Crippen LogP contribution in [-0.4, -0.2) is 18.9 Å². The Bertz CT molecular complexity index is 399. The predicted molar refractivity (Wildman–Crippen MR) is 53.4 cm³/mol. The maximum atomic E-state index is 11.2. The fraction of sp³-hybridized carbons (Fsp3) is 0.364. The summed E-state index contributed by atoms with van der Waals surface area (Å²) in [6.45, 7) is 3.70. The van der Waals surface area contributed by atoms with Gasteiger partial charge < -0.3 is 4.74 Å². The third-order valence-corrected chi connectivity index (χ3v) is 2.07. The Morgan fingerprint density at radius 2 is 2.13 bits per heavy atom. The van der Waals surface area contributed by atoms with Gasteiger partial charge in [-0.1, -0.05) is 0 Å². The summed E-state index contributed by atoms with van der Waals surface area (Å²) < 4.78 is 6.38. The second-order valence-electron chi connectivity index (χ2n) is 3.38. The van der Waals surface area contributed by atoms with Gasteiger partial charge in [-0.05, 0) is 0 Å². The summed E-state index contributed by atoms with van der Waals surface area (Å²) in [6.07, 6.45) is 1.71. The number of carbonyl (C=O) groups is 2. The molecule has 80 valence electrons. The average Bonchev–Trinajstić information content (AvgIpc) is 2.19. The first-order chi connectivity index (χ1) is 7.04. The highest BCUT2D eigenvalue weighted by Crippen LogP contribution is 2.01. The molecule has 0 fully saturated rings. The van der Waals surface area contributed by atoms with Crippen molar-refractivity contribution in [2.75, 3.05) is 7.11 Å². The summed E-state index contributed by atoms with van der Waals surface area (Å²) >= 11 is 0. The molecule has 0 aromatic carbocycles. The zero-order valence-corrected chi connectivity index (χ0v) is 9.11. The Kier molecular flexibility index (Phi) is 3.55. The molecule has 0 aliphatic heterocycles. The number of pyridine rings is 1. The van der Waals surface area contributed by atoms with E-state index >= 15 is 0 Å². The third kappa shape index (κ3) is 2.87. The Morgan fingerprint density at radius 3 is 2.60 bits per heavy atom. The zero-order valence-electron chi connectivity index (χ0n) is 9.11. The van der Waals surface area contributed by atoms with Gasteiger partial charge in [0.05, 0.1) is 12.7 Å². The molecule has 1 heterocycles. The molecule has 0 N–H and O–H groups in total. The summed E-state index contributed by atoms with van der Waals surface area (Å²) in [5, 5.41) is 0. The van der Waals surface area contributed by atoms with Crippen LogP contribution in [0.25, 0.3) is 0 Å². The molecule has 0 atom stereocenters. The van der Waals surface area contributed by atoms with Gasteiger partial charge in [-0.2, -0.15) is 4.57 Å². The third-order valence-electron chi connectivity index (χ3n) is 2.07. The van der Waals surface area contributed by atoms with Crippen molar-refractivity contribution < 1.29 is 18.9 Å². The number of hydrogen-bond acceptors (Lipinski definition) is 3. The molecule has 0 amide bonds. The molecule has 0 aliphatic carbocycles. The lowest BCUT2D eigenvalue weighted by molar-refractivity contribution is -0.690. The molecular weight excluding hydrogens is 194 g/mol. The van der Waals surface area contributed by atoms with Crippen molar-refractivity contribution in [2.24, 2.45) is 0 Å². The van der Waals surface area contributed by atoms with Gasteiger partial charge >= 0.3 is 5.97 Å². The summed E-state index contributed by atoms with van der Waals surface area (Å²) in [7, 11) is 1.34. The van der Waals surface area contributed by atoms with Crippen LogP contribution in [0.4, 0.5) is 0 Å². The van der Waals surface area contributed by atoms with E-state index in [2.05, 4.69) is 4.74 Å². The Hall–Kier alpha value is -1.71. The maximum absolute atomic E-state index is 11.2. The first-order valence-electron chi connectivity index (χ1n) is 4.62. The molecule has 0 radical (unpaired) electrons. The van der Waals surface area contributed by atoms with Crippen LogP contribution >= 0.6 is 0 Å². The van der Waals surface area contributed by atoms with Gasteiger partial charge in [0.25, 0.3) is 0 Å². The molecule has 0 spiro atoms. The number of ketones is 1. The number of ether oxygens (including phenoxy) is 1. The topological polar surface area (TPSA) is 47.2 Å². The number of nitrogens with zero attached hydrogens (tertiary/aromatic N) is 1. The van der Waals surface area contributed by atoms with E-state index in [0.717, 1.165) is 5.69 Å². The summed E-state index contributed by atoms with van der Waals surface area (Å²) in [5.74, 6) is -0.290. The summed E-state index contributed by atoms with van der Waals surface area (Å²) in [6, 6.07) is 3.34. The van der Waals surface area contributed by atoms with Gasteiger partial charge in [0.15, 0.2) is 17.7 Å². The molecule has 1 aromatic heterocycles. The van der Waals surface area contributed by atoms with Crippen molar-refractivity contribution in [3.63, 3.8) is 0 Å². The van der Waals surface area contributed by atoms with Crippen LogP contribution in [0.2, 0.25) is 0 Å². The monoisotopic (exact) mass is 208 g/mol. The lowest BCUT2D eigenvalue weighted by atomic mass is 10.2. The minimum atomic E-state index is -0.368. The van der Waals surface area contributed by atoms with Crippen LogP contribution in [-0.2, 0) is 16.1 Å². The number of methoxy groups -OCH3 is 1. The van der Waals surface area contributed by atoms with Crippen molar-refractivity contribution in [2.45, 2.75) is 20.4 Å². The van der Waals surface area contributed by atoms with Crippen LogP contribution in [0.3, 0.4) is 0 Å². The molecule has 15 heavy (non-hydrogen) atoms. The fourth-order valence-electron chi connectivity index (χ4n) is 1.31. The highest BCUT2D eigenvalue weighted by atomic mass is 16.5. The number of Topliss-reactive ketones (excluding diaryl/α,β-unsaturated/α-hetero) is 1. The van der Waals surface area contributed by atoms with Crippen molar-refractivity contribution in [1.29, 1.82) is 0 Å². The number of carbonyl (C=O) groups excluding carboxylic acids is 2. The first-order valence-corrected chi connectivity index (χ1v) is 4.62. The Balaban J connectivity index is 2.97. The van der Waals surface area contributed by atoms with Crippen LogP contribution < -0.4 is 4.57 Å². The van der Waals surface area contributed by atoms with Gasteiger partial charge in [0, 0.05) is 26.0 Å². The van der Waals surface area contributed by atoms with E-state index in [4.69, 9.17) is 0 Å². The van der Waals surface area contributed by atoms with Gasteiger partial charge in [-0.3, -0.25) is 4.79 Å². The lowest BCUT2D eigenvalue weighted by Gasteiger charge is -2.01. The standard InChI is InChI=1S/C11H14NO3/c1-8-6-10(11(14)15-3)4-5-12(8)7-9(2)13/h4-6H,7H2,1-3H3/q+1. The maximum Gasteiger partial charge on any atom is 0.338 e. The van der Waals surface area contributed by atoms with Crippen LogP contribution in [0.5, 0.6) is 0 Å². The van der Waals surface area contributed by atoms with E-state index in [1.807, 2.05) is 6.92 Å². The number of hydrogen-bond donors (Lipinski definition) is 0. The molecule has 4 nitrogen and oxygen atoms in total. The van der Waals surface area contributed by atoms with Crippen molar-refractivity contribution in [3.8, 4) is 0 Å². The number of rotatable bonds is 3. The fourth-order valence-corrected chi connectivity index (χ4v) is 1.31. The van der Waals surface area contributed by atoms with E-state index < -0.39 is 0 Å². The number of aryl methyl sites for hydroxylation is 1. The van der Waals surface area contributed by atoms with Gasteiger partial charge in [-0.25, -0.2) is 4.79 Å². The molecule has 0 saturated carbocycles. The molecule has 0 bridgehead atoms. The van der Waals surface area contributed by atoms with E-state index in [9.17, 15) is 9.59 Å². The van der Waals surface area contributed by atoms with E-state index in [1.165, 1.54) is 14.0 Å². The van der Waals surface area contributed by atoms with Gasteiger partial charge in [0.2, 0.25) is 6.54 Å². The molecule has 0 aliphatic rings. The molecule has 0 unspecified atom stereocenters. The average molecular weight is 208 g/mol. The quantitative estimate of drug-likeness (QED) is 0.541. The van der Waals surface area contributed by atoms with Crippen LogP contribution in [0.15, 0.2) is 18.3 Å².